The Morgan fingerprint density at radius 1 is 0.931 bits per heavy atom. The van der Waals surface area contributed by atoms with Crippen LogP contribution in [0.15, 0.2) is 72.8 Å². The third-order valence-electron chi connectivity index (χ3n) is 5.68. The Bertz CT molecular complexity index is 995. The van der Waals surface area contributed by atoms with E-state index >= 15 is 0 Å². The standard InChI is InChI=1S/C25H26N2O2/c28-24(16-21-12-6-11-20-10-4-5-14-23(20)21)27-15-7-13-22(18-27)25(29)26-17-19-8-2-1-3-9-19/h1-6,8-12,14,22H,7,13,15-18H2,(H,26,29)/t22-/m0/s1. The lowest BCUT2D eigenvalue weighted by Gasteiger charge is -2.32. The predicted octanol–water partition coefficient (Wildman–Crippen LogP) is 3.94. The Morgan fingerprint density at radius 3 is 2.55 bits per heavy atom. The molecule has 0 radical (unpaired) electrons. The fraction of sp³-hybridized carbons (Fsp3) is 0.280. The molecule has 1 aliphatic heterocycles. The molecule has 1 aliphatic rings. The minimum atomic E-state index is -0.135. The molecule has 2 amide bonds. The van der Waals surface area contributed by atoms with Crippen molar-refractivity contribution in [2.45, 2.75) is 25.8 Å². The molecule has 0 bridgehead atoms. The third-order valence-corrected chi connectivity index (χ3v) is 5.68. The van der Waals surface area contributed by atoms with Crippen LogP contribution in [0.2, 0.25) is 0 Å². The van der Waals surface area contributed by atoms with Crippen LogP contribution in [0.1, 0.15) is 24.0 Å². The van der Waals surface area contributed by atoms with Crippen molar-refractivity contribution in [1.82, 2.24) is 10.2 Å². The second-order valence-corrected chi connectivity index (χ2v) is 7.70. The van der Waals surface area contributed by atoms with Crippen LogP contribution in [0, 0.1) is 5.92 Å². The molecule has 0 spiro atoms. The summed E-state index contributed by atoms with van der Waals surface area (Å²) >= 11 is 0. The van der Waals surface area contributed by atoms with Gasteiger partial charge in [-0.1, -0.05) is 72.8 Å². The van der Waals surface area contributed by atoms with Crippen LogP contribution in [-0.4, -0.2) is 29.8 Å². The number of rotatable bonds is 5. The fourth-order valence-corrected chi connectivity index (χ4v) is 4.07. The van der Waals surface area contributed by atoms with Gasteiger partial charge < -0.3 is 10.2 Å². The number of nitrogens with one attached hydrogen (secondary N) is 1. The normalized spacial score (nSPS) is 16.6. The van der Waals surface area contributed by atoms with Gasteiger partial charge >= 0.3 is 0 Å². The molecular formula is C25H26N2O2. The maximum absolute atomic E-state index is 13.0. The van der Waals surface area contributed by atoms with Crippen molar-refractivity contribution in [2.24, 2.45) is 5.92 Å². The number of carbonyl (C=O) groups excluding carboxylic acids is 2. The highest BCUT2D eigenvalue weighted by atomic mass is 16.2. The van der Waals surface area contributed by atoms with Gasteiger partial charge in [0.2, 0.25) is 11.8 Å². The molecule has 1 N–H and O–H groups in total. The van der Waals surface area contributed by atoms with Gasteiger partial charge in [0.25, 0.3) is 0 Å². The average molecular weight is 386 g/mol. The first-order valence-corrected chi connectivity index (χ1v) is 10.3. The topological polar surface area (TPSA) is 49.4 Å². The van der Waals surface area contributed by atoms with Crippen LogP contribution in [0.4, 0.5) is 0 Å². The molecule has 148 valence electrons. The van der Waals surface area contributed by atoms with E-state index in [4.69, 9.17) is 0 Å². The zero-order valence-corrected chi connectivity index (χ0v) is 16.5. The van der Waals surface area contributed by atoms with E-state index in [1.165, 1.54) is 0 Å². The maximum Gasteiger partial charge on any atom is 0.227 e. The minimum absolute atomic E-state index is 0.0384. The molecule has 1 heterocycles. The van der Waals surface area contributed by atoms with E-state index in [2.05, 4.69) is 23.5 Å². The van der Waals surface area contributed by atoms with E-state index in [1.54, 1.807) is 0 Å². The van der Waals surface area contributed by atoms with E-state index in [1.807, 2.05) is 59.5 Å². The monoisotopic (exact) mass is 386 g/mol. The van der Waals surface area contributed by atoms with Gasteiger partial charge in [-0.3, -0.25) is 9.59 Å². The lowest BCUT2D eigenvalue weighted by Crippen LogP contribution is -2.45. The Hall–Kier alpha value is -3.14. The van der Waals surface area contributed by atoms with Crippen molar-refractivity contribution in [2.75, 3.05) is 13.1 Å². The van der Waals surface area contributed by atoms with Crippen LogP contribution >= 0.6 is 0 Å². The molecule has 1 fully saturated rings. The zero-order valence-electron chi connectivity index (χ0n) is 16.5. The van der Waals surface area contributed by atoms with E-state index < -0.39 is 0 Å². The summed E-state index contributed by atoms with van der Waals surface area (Å²) in [6.45, 7) is 1.76. The van der Waals surface area contributed by atoms with Gasteiger partial charge in [0.15, 0.2) is 0 Å². The van der Waals surface area contributed by atoms with Crippen molar-refractivity contribution in [1.29, 1.82) is 0 Å². The third kappa shape index (κ3) is 4.65. The van der Waals surface area contributed by atoms with E-state index in [-0.39, 0.29) is 17.7 Å². The van der Waals surface area contributed by atoms with Gasteiger partial charge in [0, 0.05) is 19.6 Å². The Kier molecular flexibility index (Phi) is 5.89. The van der Waals surface area contributed by atoms with Crippen molar-refractivity contribution in [3.8, 4) is 0 Å². The summed E-state index contributed by atoms with van der Waals surface area (Å²) in [5.74, 6) is 0.00218. The van der Waals surface area contributed by atoms with Crippen molar-refractivity contribution in [3.63, 3.8) is 0 Å². The molecular weight excluding hydrogens is 360 g/mol. The Morgan fingerprint density at radius 2 is 1.69 bits per heavy atom. The number of amides is 2. The highest BCUT2D eigenvalue weighted by molar-refractivity contribution is 5.90. The summed E-state index contributed by atoms with van der Waals surface area (Å²) in [7, 11) is 0. The summed E-state index contributed by atoms with van der Waals surface area (Å²) in [5.41, 5.74) is 2.13. The number of hydrogen-bond acceptors (Lipinski definition) is 2. The number of hydrogen-bond donors (Lipinski definition) is 1. The van der Waals surface area contributed by atoms with Gasteiger partial charge in [0.05, 0.1) is 12.3 Å². The lowest BCUT2D eigenvalue weighted by molar-refractivity contribution is -0.135. The summed E-state index contributed by atoms with van der Waals surface area (Å²) in [6, 6.07) is 24.1. The first-order valence-electron chi connectivity index (χ1n) is 10.3. The molecule has 4 heteroatoms. The number of fused-ring (bicyclic) bond motifs is 1. The van der Waals surface area contributed by atoms with Crippen LogP contribution in [-0.2, 0) is 22.6 Å². The van der Waals surface area contributed by atoms with Gasteiger partial charge in [-0.05, 0) is 34.7 Å². The molecule has 0 saturated carbocycles. The number of benzene rings is 3. The number of likely N-dealkylation sites (tertiary alicyclic amines) is 1. The molecule has 29 heavy (non-hydrogen) atoms. The molecule has 4 rings (SSSR count). The number of nitrogens with zero attached hydrogens (tertiary/aromatic N) is 1. The quantitative estimate of drug-likeness (QED) is 0.722. The highest BCUT2D eigenvalue weighted by Crippen LogP contribution is 2.22. The highest BCUT2D eigenvalue weighted by Gasteiger charge is 2.28. The van der Waals surface area contributed by atoms with Crippen LogP contribution in [0.25, 0.3) is 10.8 Å². The predicted molar refractivity (Wildman–Crippen MR) is 115 cm³/mol. The number of piperidine rings is 1. The summed E-state index contributed by atoms with van der Waals surface area (Å²) in [4.78, 5) is 27.4. The Balaban J connectivity index is 1.37. The molecule has 3 aromatic rings. The second kappa shape index (κ2) is 8.91. The average Bonchev–Trinajstić information content (AvgIpc) is 2.78. The Labute approximate surface area is 171 Å². The fourth-order valence-electron chi connectivity index (χ4n) is 4.07. The van der Waals surface area contributed by atoms with Crippen molar-refractivity contribution in [3.05, 3.63) is 83.9 Å². The smallest absolute Gasteiger partial charge is 0.227 e. The van der Waals surface area contributed by atoms with Crippen LogP contribution in [0.5, 0.6) is 0 Å². The van der Waals surface area contributed by atoms with Crippen molar-refractivity contribution >= 4 is 22.6 Å². The minimum Gasteiger partial charge on any atom is -0.352 e. The van der Waals surface area contributed by atoms with Gasteiger partial charge in [0.1, 0.15) is 0 Å². The van der Waals surface area contributed by atoms with E-state index in [0.717, 1.165) is 41.3 Å². The molecule has 0 aliphatic carbocycles. The summed E-state index contributed by atoms with van der Waals surface area (Å²) in [5, 5.41) is 5.30. The second-order valence-electron chi connectivity index (χ2n) is 7.70. The van der Waals surface area contributed by atoms with E-state index in [0.29, 0.717) is 19.5 Å². The first-order chi connectivity index (χ1) is 14.2. The van der Waals surface area contributed by atoms with E-state index in [9.17, 15) is 9.59 Å². The van der Waals surface area contributed by atoms with Crippen LogP contribution < -0.4 is 5.32 Å². The molecule has 3 aromatic carbocycles. The van der Waals surface area contributed by atoms with Crippen molar-refractivity contribution < 1.29 is 9.59 Å². The maximum atomic E-state index is 13.0. The molecule has 4 nitrogen and oxygen atoms in total. The lowest BCUT2D eigenvalue weighted by atomic mass is 9.95. The first kappa shape index (κ1) is 19.2. The molecule has 1 saturated heterocycles. The zero-order chi connectivity index (χ0) is 20.1. The summed E-state index contributed by atoms with van der Waals surface area (Å²) in [6.07, 6.45) is 2.07. The SMILES string of the molecule is O=C(NCc1ccccc1)[C@H]1CCCN(C(=O)Cc2cccc3ccccc23)C1. The molecule has 0 unspecified atom stereocenters. The largest absolute Gasteiger partial charge is 0.352 e. The van der Waals surface area contributed by atoms with Gasteiger partial charge in [-0.2, -0.15) is 0 Å². The summed E-state index contributed by atoms with van der Waals surface area (Å²) < 4.78 is 0. The number of carbonyl (C=O) groups is 2. The van der Waals surface area contributed by atoms with Crippen LogP contribution in [0.3, 0.4) is 0 Å². The molecule has 1 atom stereocenters. The van der Waals surface area contributed by atoms with Gasteiger partial charge in [-0.25, -0.2) is 0 Å². The van der Waals surface area contributed by atoms with Gasteiger partial charge in [-0.15, -0.1) is 0 Å². The molecule has 0 aromatic heterocycles.